The van der Waals surface area contributed by atoms with Gasteiger partial charge < -0.3 is 0 Å². The number of ketones is 1. The van der Waals surface area contributed by atoms with Gasteiger partial charge in [0.2, 0.25) is 0 Å². The molecule has 0 N–H and O–H groups in total. The quantitative estimate of drug-likeness (QED) is 0.783. The van der Waals surface area contributed by atoms with Gasteiger partial charge in [0, 0.05) is 4.47 Å². The number of aryl methyl sites for hydroxylation is 1. The highest BCUT2D eigenvalue weighted by Gasteiger charge is 2.26. The van der Waals surface area contributed by atoms with E-state index in [0.717, 1.165) is 5.56 Å². The van der Waals surface area contributed by atoms with Crippen molar-refractivity contribution in [3.05, 3.63) is 69.4 Å². The van der Waals surface area contributed by atoms with Gasteiger partial charge in [0.25, 0.3) is 0 Å². The van der Waals surface area contributed by atoms with Crippen LogP contribution in [-0.2, 0) is 0 Å². The van der Waals surface area contributed by atoms with Crippen molar-refractivity contribution in [3.8, 4) is 6.07 Å². The second kappa shape index (κ2) is 5.98. The van der Waals surface area contributed by atoms with E-state index in [1.807, 2.05) is 25.1 Å². The molecule has 0 aliphatic rings. The van der Waals surface area contributed by atoms with Crippen LogP contribution in [0.4, 0.5) is 4.39 Å². The molecule has 0 spiro atoms. The Kier molecular flexibility index (Phi) is 4.31. The first-order valence-corrected chi connectivity index (χ1v) is 6.78. The van der Waals surface area contributed by atoms with E-state index in [-0.39, 0.29) is 5.56 Å². The number of nitrogens with zero attached hydrogens (tertiary/aromatic N) is 1. The van der Waals surface area contributed by atoms with Gasteiger partial charge in [0.05, 0.1) is 11.6 Å². The van der Waals surface area contributed by atoms with E-state index < -0.39 is 17.5 Å². The van der Waals surface area contributed by atoms with Crippen LogP contribution >= 0.6 is 15.9 Å². The maximum Gasteiger partial charge on any atom is 0.188 e. The number of hydrogen-bond acceptors (Lipinski definition) is 2. The van der Waals surface area contributed by atoms with E-state index in [9.17, 15) is 14.4 Å². The Morgan fingerprint density at radius 2 is 1.90 bits per heavy atom. The molecule has 100 valence electrons. The fourth-order valence-corrected chi connectivity index (χ4v) is 2.46. The molecule has 0 saturated heterocycles. The topological polar surface area (TPSA) is 40.9 Å². The summed E-state index contributed by atoms with van der Waals surface area (Å²) >= 11 is 3.16. The van der Waals surface area contributed by atoms with Gasteiger partial charge in [0.1, 0.15) is 11.7 Å². The highest BCUT2D eigenvalue weighted by Crippen LogP contribution is 2.27. The molecule has 0 heterocycles. The van der Waals surface area contributed by atoms with E-state index >= 15 is 0 Å². The van der Waals surface area contributed by atoms with Crippen LogP contribution in [-0.4, -0.2) is 5.78 Å². The van der Waals surface area contributed by atoms with Gasteiger partial charge in [-0.05, 0) is 40.5 Å². The molecule has 20 heavy (non-hydrogen) atoms. The van der Waals surface area contributed by atoms with Crippen molar-refractivity contribution in [1.82, 2.24) is 0 Å². The zero-order chi connectivity index (χ0) is 14.7. The molecule has 0 aromatic heterocycles. The molecule has 0 amide bonds. The van der Waals surface area contributed by atoms with E-state index in [4.69, 9.17) is 0 Å². The van der Waals surface area contributed by atoms with Crippen LogP contribution in [0.2, 0.25) is 0 Å². The lowest BCUT2D eigenvalue weighted by atomic mass is 9.91. The summed E-state index contributed by atoms with van der Waals surface area (Å²) < 4.78 is 14.2. The molecule has 1 atom stereocenters. The Labute approximate surface area is 125 Å². The lowest BCUT2D eigenvalue weighted by Gasteiger charge is -2.11. The van der Waals surface area contributed by atoms with Gasteiger partial charge in [-0.2, -0.15) is 5.26 Å². The Bertz CT molecular complexity index is 668. The predicted molar refractivity (Wildman–Crippen MR) is 78.0 cm³/mol. The molecule has 4 heteroatoms. The maximum atomic E-state index is 13.8. The Morgan fingerprint density at radius 3 is 2.45 bits per heavy atom. The summed E-state index contributed by atoms with van der Waals surface area (Å²) in [5, 5.41) is 9.25. The predicted octanol–water partition coefficient (Wildman–Crippen LogP) is 4.39. The lowest BCUT2D eigenvalue weighted by molar-refractivity contribution is 0.0974. The minimum Gasteiger partial charge on any atom is -0.292 e. The molecular weight excluding hydrogens is 321 g/mol. The van der Waals surface area contributed by atoms with Gasteiger partial charge in [-0.15, -0.1) is 0 Å². The van der Waals surface area contributed by atoms with Gasteiger partial charge in [-0.1, -0.05) is 35.9 Å². The fourth-order valence-electron chi connectivity index (χ4n) is 1.92. The molecule has 2 aromatic carbocycles. The molecular formula is C16H11BrFNO. The smallest absolute Gasteiger partial charge is 0.188 e. The zero-order valence-electron chi connectivity index (χ0n) is 10.7. The van der Waals surface area contributed by atoms with E-state index in [2.05, 4.69) is 15.9 Å². The van der Waals surface area contributed by atoms with Crippen molar-refractivity contribution in [2.24, 2.45) is 0 Å². The van der Waals surface area contributed by atoms with Crippen LogP contribution < -0.4 is 0 Å². The summed E-state index contributed by atoms with van der Waals surface area (Å²) in [5.74, 6) is -2.18. The van der Waals surface area contributed by atoms with Crippen molar-refractivity contribution >= 4 is 21.7 Å². The molecule has 2 aromatic rings. The van der Waals surface area contributed by atoms with Crippen LogP contribution in [0.5, 0.6) is 0 Å². The average molecular weight is 332 g/mol. The Morgan fingerprint density at radius 1 is 1.25 bits per heavy atom. The highest BCUT2D eigenvalue weighted by atomic mass is 79.9. The molecule has 0 saturated carbocycles. The number of nitriles is 1. The third-order valence-corrected chi connectivity index (χ3v) is 3.67. The summed E-state index contributed by atoms with van der Waals surface area (Å²) in [6.45, 7) is 1.92. The number of halogens is 2. The number of rotatable bonds is 3. The summed E-state index contributed by atoms with van der Waals surface area (Å²) in [5.41, 5.74) is 1.52. The number of benzene rings is 2. The van der Waals surface area contributed by atoms with Gasteiger partial charge >= 0.3 is 0 Å². The van der Waals surface area contributed by atoms with Gasteiger partial charge in [-0.25, -0.2) is 4.39 Å². The van der Waals surface area contributed by atoms with E-state index in [1.54, 1.807) is 18.2 Å². The molecule has 2 nitrogen and oxygen atoms in total. The van der Waals surface area contributed by atoms with Crippen LogP contribution in [0.3, 0.4) is 0 Å². The molecule has 0 aliphatic carbocycles. The molecule has 0 aliphatic heterocycles. The Hall–Kier alpha value is -1.99. The summed E-state index contributed by atoms with van der Waals surface area (Å²) in [6.07, 6.45) is 0. The Balaban J connectivity index is 2.45. The number of carbonyl (C=O) groups excluding carboxylic acids is 1. The molecule has 2 rings (SSSR count). The monoisotopic (exact) mass is 331 g/mol. The van der Waals surface area contributed by atoms with Crippen LogP contribution in [0.25, 0.3) is 0 Å². The molecule has 0 radical (unpaired) electrons. The zero-order valence-corrected chi connectivity index (χ0v) is 12.3. The SMILES string of the molecule is Cc1ccc(C(C#N)C(=O)c2c(F)cccc2Br)cc1. The number of Topliss-reactive ketones (excluding diaryl/α,β-unsaturated/α-hetero) is 1. The first-order valence-electron chi connectivity index (χ1n) is 5.99. The third-order valence-electron chi connectivity index (χ3n) is 3.01. The van der Waals surface area contributed by atoms with Crippen molar-refractivity contribution in [1.29, 1.82) is 5.26 Å². The highest BCUT2D eigenvalue weighted by molar-refractivity contribution is 9.10. The molecule has 0 fully saturated rings. The number of hydrogen-bond donors (Lipinski definition) is 0. The number of carbonyl (C=O) groups is 1. The molecule has 1 unspecified atom stereocenters. The largest absolute Gasteiger partial charge is 0.292 e. The third kappa shape index (κ3) is 2.78. The van der Waals surface area contributed by atoms with Gasteiger partial charge in [0.15, 0.2) is 5.78 Å². The molecule has 0 bridgehead atoms. The lowest BCUT2D eigenvalue weighted by Crippen LogP contribution is -2.13. The van der Waals surface area contributed by atoms with Crippen LogP contribution in [0.15, 0.2) is 46.9 Å². The summed E-state index contributed by atoms with van der Waals surface area (Å²) in [7, 11) is 0. The van der Waals surface area contributed by atoms with Crippen molar-refractivity contribution < 1.29 is 9.18 Å². The van der Waals surface area contributed by atoms with Crippen LogP contribution in [0.1, 0.15) is 27.4 Å². The average Bonchev–Trinajstić information content (AvgIpc) is 2.41. The second-order valence-electron chi connectivity index (χ2n) is 4.43. The second-order valence-corrected chi connectivity index (χ2v) is 5.29. The standard InChI is InChI=1S/C16H11BrFNO/c1-10-5-7-11(8-6-10)12(9-19)16(20)15-13(17)3-2-4-14(15)18/h2-8,12H,1H3. The van der Waals surface area contributed by atoms with Gasteiger partial charge in [-0.3, -0.25) is 4.79 Å². The fraction of sp³-hybridized carbons (Fsp3) is 0.125. The van der Waals surface area contributed by atoms with Crippen molar-refractivity contribution in [2.45, 2.75) is 12.8 Å². The van der Waals surface area contributed by atoms with Crippen molar-refractivity contribution in [2.75, 3.05) is 0 Å². The normalized spacial score (nSPS) is 11.7. The first-order chi connectivity index (χ1) is 9.54. The van der Waals surface area contributed by atoms with E-state index in [0.29, 0.717) is 10.0 Å². The minimum absolute atomic E-state index is 0.0837. The van der Waals surface area contributed by atoms with Crippen LogP contribution in [0, 0.1) is 24.1 Å². The maximum absolute atomic E-state index is 13.8. The summed E-state index contributed by atoms with van der Waals surface area (Å²) in [6, 6.07) is 13.3. The minimum atomic E-state index is -1.01. The first kappa shape index (κ1) is 14.4. The van der Waals surface area contributed by atoms with Crippen molar-refractivity contribution in [3.63, 3.8) is 0 Å². The summed E-state index contributed by atoms with van der Waals surface area (Å²) in [4.78, 5) is 12.4. The van der Waals surface area contributed by atoms with E-state index in [1.165, 1.54) is 12.1 Å².